The number of nitrogens with zero attached hydrogens (tertiary/aromatic N) is 1. The first-order valence-electron chi connectivity index (χ1n) is 8.30. The van der Waals surface area contributed by atoms with Crippen LogP contribution in [0.2, 0.25) is 0 Å². The summed E-state index contributed by atoms with van der Waals surface area (Å²) >= 11 is 0. The smallest absolute Gasteiger partial charge is 0.420 e. The molecule has 0 radical (unpaired) electrons. The van der Waals surface area contributed by atoms with E-state index in [2.05, 4.69) is 14.8 Å². The standard InChI is InChI=1S/C18H17N3O7S/c1-11(22)19-12-3-5-13(6-4-12)20-29(25,26)14-7-8-15-16(9-14)28-18(24)21(15)10-17(23)27-2/h3-9,20H,10H2,1-2H3,(H,19,22). The number of esters is 1. The Labute approximate surface area is 165 Å². The van der Waals surface area contributed by atoms with E-state index in [1.807, 2.05) is 0 Å². The Morgan fingerprint density at radius 1 is 1.10 bits per heavy atom. The lowest BCUT2D eigenvalue weighted by molar-refractivity contribution is -0.141. The van der Waals surface area contributed by atoms with E-state index in [9.17, 15) is 22.8 Å². The van der Waals surface area contributed by atoms with Gasteiger partial charge in [-0.25, -0.2) is 13.2 Å². The molecule has 1 heterocycles. The molecule has 0 fully saturated rings. The average molecular weight is 419 g/mol. The van der Waals surface area contributed by atoms with Gasteiger partial charge in [0.2, 0.25) is 5.91 Å². The first kappa shape index (κ1) is 20.1. The maximum atomic E-state index is 12.6. The summed E-state index contributed by atoms with van der Waals surface area (Å²) in [4.78, 5) is 34.3. The normalized spacial score (nSPS) is 11.2. The van der Waals surface area contributed by atoms with E-state index in [-0.39, 0.29) is 34.1 Å². The number of benzene rings is 2. The zero-order valence-electron chi connectivity index (χ0n) is 15.5. The third-order valence-corrected chi connectivity index (χ3v) is 5.30. The van der Waals surface area contributed by atoms with Crippen molar-refractivity contribution in [2.24, 2.45) is 0 Å². The first-order chi connectivity index (χ1) is 13.7. The molecule has 0 aliphatic heterocycles. The van der Waals surface area contributed by atoms with Gasteiger partial charge in [0.15, 0.2) is 5.58 Å². The summed E-state index contributed by atoms with van der Waals surface area (Å²) < 4.78 is 38.3. The number of anilines is 2. The largest absolute Gasteiger partial charge is 0.468 e. The molecule has 0 unspecified atom stereocenters. The monoisotopic (exact) mass is 419 g/mol. The van der Waals surface area contributed by atoms with Crippen LogP contribution in [0.25, 0.3) is 11.1 Å². The van der Waals surface area contributed by atoms with Gasteiger partial charge in [0.1, 0.15) is 6.54 Å². The number of carbonyl (C=O) groups excluding carboxylic acids is 2. The molecular weight excluding hydrogens is 402 g/mol. The van der Waals surface area contributed by atoms with Crippen molar-refractivity contribution in [2.75, 3.05) is 17.1 Å². The molecule has 2 N–H and O–H groups in total. The molecule has 0 aliphatic rings. The number of aromatic nitrogens is 1. The lowest BCUT2D eigenvalue weighted by Gasteiger charge is -2.09. The van der Waals surface area contributed by atoms with Gasteiger partial charge in [-0.15, -0.1) is 0 Å². The molecule has 0 aliphatic carbocycles. The van der Waals surface area contributed by atoms with Gasteiger partial charge in [0.25, 0.3) is 10.0 Å². The van der Waals surface area contributed by atoms with E-state index >= 15 is 0 Å². The van der Waals surface area contributed by atoms with Gasteiger partial charge in [-0.1, -0.05) is 0 Å². The van der Waals surface area contributed by atoms with Crippen molar-refractivity contribution in [3.8, 4) is 0 Å². The number of fused-ring (bicyclic) bond motifs is 1. The minimum Gasteiger partial charge on any atom is -0.468 e. The van der Waals surface area contributed by atoms with E-state index in [0.717, 1.165) is 4.57 Å². The Morgan fingerprint density at radius 2 is 1.76 bits per heavy atom. The summed E-state index contributed by atoms with van der Waals surface area (Å²) in [6, 6.07) is 9.95. The Hall–Kier alpha value is -3.60. The molecule has 3 rings (SSSR count). The fourth-order valence-corrected chi connectivity index (χ4v) is 3.67. The second-order valence-electron chi connectivity index (χ2n) is 6.02. The number of oxazole rings is 1. The Balaban J connectivity index is 1.88. The fourth-order valence-electron chi connectivity index (χ4n) is 2.60. The van der Waals surface area contributed by atoms with Gasteiger partial charge in [-0.05, 0) is 36.4 Å². The minimum absolute atomic E-state index is 0.0165. The lowest BCUT2D eigenvalue weighted by Crippen LogP contribution is -2.20. The van der Waals surface area contributed by atoms with E-state index in [4.69, 9.17) is 4.42 Å². The molecule has 0 bridgehead atoms. The number of ether oxygens (including phenoxy) is 1. The molecule has 11 heteroatoms. The van der Waals surface area contributed by atoms with Gasteiger partial charge in [-0.3, -0.25) is 18.9 Å². The highest BCUT2D eigenvalue weighted by atomic mass is 32.2. The molecule has 10 nitrogen and oxygen atoms in total. The van der Waals surface area contributed by atoms with Crippen molar-refractivity contribution in [3.05, 3.63) is 53.0 Å². The number of hydrogen-bond donors (Lipinski definition) is 2. The molecule has 1 aromatic heterocycles. The predicted octanol–water partition coefficient (Wildman–Crippen LogP) is 1.53. The highest BCUT2D eigenvalue weighted by Gasteiger charge is 2.19. The number of methoxy groups -OCH3 is 1. The Kier molecular flexibility index (Phi) is 5.41. The van der Waals surface area contributed by atoms with Crippen molar-refractivity contribution in [3.63, 3.8) is 0 Å². The molecular formula is C18H17N3O7S. The lowest BCUT2D eigenvalue weighted by atomic mass is 10.3. The Bertz CT molecular complexity index is 1240. The molecule has 0 atom stereocenters. The van der Waals surface area contributed by atoms with Crippen LogP contribution in [0.3, 0.4) is 0 Å². The van der Waals surface area contributed by atoms with Crippen LogP contribution in [0.4, 0.5) is 11.4 Å². The van der Waals surface area contributed by atoms with E-state index < -0.39 is 21.7 Å². The number of rotatable bonds is 6. The summed E-state index contributed by atoms with van der Waals surface area (Å²) in [6.07, 6.45) is 0. The molecule has 2 aromatic carbocycles. The maximum absolute atomic E-state index is 12.6. The van der Waals surface area contributed by atoms with Crippen LogP contribution >= 0.6 is 0 Å². The highest BCUT2D eigenvalue weighted by Crippen LogP contribution is 2.22. The number of nitrogens with one attached hydrogen (secondary N) is 2. The van der Waals surface area contributed by atoms with Crippen molar-refractivity contribution >= 4 is 44.4 Å². The SMILES string of the molecule is COC(=O)Cn1c(=O)oc2cc(S(=O)(=O)Nc3ccc(NC(C)=O)cc3)ccc21. The predicted molar refractivity (Wildman–Crippen MR) is 104 cm³/mol. The van der Waals surface area contributed by atoms with Crippen LogP contribution in [0, 0.1) is 0 Å². The van der Waals surface area contributed by atoms with Gasteiger partial charge in [0.05, 0.1) is 17.5 Å². The zero-order chi connectivity index (χ0) is 21.2. The zero-order valence-corrected chi connectivity index (χ0v) is 16.3. The molecule has 29 heavy (non-hydrogen) atoms. The minimum atomic E-state index is -3.97. The molecule has 152 valence electrons. The van der Waals surface area contributed by atoms with E-state index in [0.29, 0.717) is 5.69 Å². The van der Waals surface area contributed by atoms with Crippen LogP contribution in [-0.4, -0.2) is 32.0 Å². The van der Waals surface area contributed by atoms with Crippen molar-refractivity contribution in [1.82, 2.24) is 4.57 Å². The van der Waals surface area contributed by atoms with Crippen molar-refractivity contribution < 1.29 is 27.2 Å². The second kappa shape index (κ2) is 7.80. The summed E-state index contributed by atoms with van der Waals surface area (Å²) in [5.41, 5.74) is 1.08. The average Bonchev–Trinajstić information content (AvgIpc) is 2.97. The van der Waals surface area contributed by atoms with Crippen LogP contribution in [0.1, 0.15) is 6.92 Å². The number of hydrogen-bond acceptors (Lipinski definition) is 7. The van der Waals surface area contributed by atoms with E-state index in [1.165, 1.54) is 44.4 Å². The molecule has 3 aromatic rings. The Morgan fingerprint density at radius 3 is 2.38 bits per heavy atom. The van der Waals surface area contributed by atoms with Crippen LogP contribution < -0.4 is 15.8 Å². The maximum Gasteiger partial charge on any atom is 0.420 e. The number of amides is 1. The third kappa shape index (κ3) is 4.46. The summed E-state index contributed by atoms with van der Waals surface area (Å²) in [5, 5.41) is 2.58. The molecule has 1 amide bonds. The summed E-state index contributed by atoms with van der Waals surface area (Å²) in [5.74, 6) is -1.69. The van der Waals surface area contributed by atoms with Crippen LogP contribution in [-0.2, 0) is 30.9 Å². The van der Waals surface area contributed by atoms with Crippen molar-refractivity contribution in [2.45, 2.75) is 18.4 Å². The summed E-state index contributed by atoms with van der Waals surface area (Å²) in [6.45, 7) is 1.01. The third-order valence-electron chi connectivity index (χ3n) is 3.92. The first-order valence-corrected chi connectivity index (χ1v) is 9.78. The topological polar surface area (TPSA) is 137 Å². The van der Waals surface area contributed by atoms with Gasteiger partial charge in [0, 0.05) is 24.4 Å². The number of carbonyl (C=O) groups is 2. The van der Waals surface area contributed by atoms with Gasteiger partial charge in [-0.2, -0.15) is 0 Å². The van der Waals surface area contributed by atoms with Gasteiger partial charge >= 0.3 is 11.7 Å². The highest BCUT2D eigenvalue weighted by molar-refractivity contribution is 7.92. The van der Waals surface area contributed by atoms with Gasteiger partial charge < -0.3 is 14.5 Å². The molecule has 0 spiro atoms. The quantitative estimate of drug-likeness (QED) is 0.578. The van der Waals surface area contributed by atoms with Crippen LogP contribution in [0.15, 0.2) is 56.6 Å². The number of sulfonamides is 1. The summed E-state index contributed by atoms with van der Waals surface area (Å²) in [7, 11) is -2.78. The molecule has 0 saturated carbocycles. The van der Waals surface area contributed by atoms with E-state index in [1.54, 1.807) is 12.1 Å². The second-order valence-corrected chi connectivity index (χ2v) is 7.71. The molecule has 0 saturated heterocycles. The fraction of sp³-hybridized carbons (Fsp3) is 0.167. The van der Waals surface area contributed by atoms with Crippen molar-refractivity contribution in [1.29, 1.82) is 0 Å². The van der Waals surface area contributed by atoms with Crippen LogP contribution in [0.5, 0.6) is 0 Å².